The Morgan fingerprint density at radius 3 is 1.49 bits per heavy atom. The van der Waals surface area contributed by atoms with Crippen LogP contribution in [0.15, 0.2) is 0 Å². The average molecular weight is 678 g/mol. The Bertz CT molecular complexity index is 918. The highest BCUT2D eigenvalue weighted by Gasteiger charge is 2.46. The fraction of sp³-hybridized carbons (Fsp3) is 0.941. The maximum atomic E-state index is 13.6. The SMILES string of the molecule is CC(C)(C)OC(=O)CN(CC(OO)C(C)(C)C)C1(CCCCC(=O)O)CN(CC(OO)C(C)(C)C)CCN(CC(OO)C(C)(C)C)C1. The zero-order chi connectivity index (χ0) is 36.4. The van der Waals surface area contributed by atoms with E-state index in [1.54, 1.807) is 0 Å². The molecule has 0 bridgehead atoms. The first-order chi connectivity index (χ1) is 21.4. The van der Waals surface area contributed by atoms with Gasteiger partial charge < -0.3 is 9.84 Å². The normalized spacial score (nSPS) is 21.4. The van der Waals surface area contributed by atoms with Gasteiger partial charge in [-0.3, -0.25) is 40.1 Å². The summed E-state index contributed by atoms with van der Waals surface area (Å²) in [5.41, 5.74) is -2.79. The van der Waals surface area contributed by atoms with Gasteiger partial charge in [-0.15, -0.1) is 0 Å². The van der Waals surface area contributed by atoms with Crippen molar-refractivity contribution >= 4 is 11.9 Å². The van der Waals surface area contributed by atoms with Crippen LogP contribution < -0.4 is 0 Å². The summed E-state index contributed by atoms with van der Waals surface area (Å²) in [5, 5.41) is 39.4. The van der Waals surface area contributed by atoms with Gasteiger partial charge in [0.2, 0.25) is 0 Å². The highest BCUT2D eigenvalue weighted by Crippen LogP contribution is 2.34. The van der Waals surface area contributed by atoms with Gasteiger partial charge in [-0.05, 0) is 49.9 Å². The van der Waals surface area contributed by atoms with E-state index in [4.69, 9.17) is 19.4 Å². The predicted molar refractivity (Wildman–Crippen MR) is 180 cm³/mol. The van der Waals surface area contributed by atoms with E-state index < -0.39 is 46.8 Å². The molecule has 1 aliphatic rings. The molecule has 0 spiro atoms. The lowest BCUT2D eigenvalue weighted by molar-refractivity contribution is -0.306. The topological polar surface area (TPSA) is 162 Å². The molecule has 47 heavy (non-hydrogen) atoms. The standard InChI is InChI=1S/C34H67N3O10/c1-30(2,3)25(45-41)19-35-17-18-36(20-26(46-42)31(4,5)6)24-34(23-35,16-14-13-15-28(38)39)37(21-27(47-43)32(7,8)9)22-29(40)44-33(10,11)12/h25-27,41-43H,13-24H2,1-12H3,(H,38,39). The van der Waals surface area contributed by atoms with Crippen LogP contribution >= 0.6 is 0 Å². The molecule has 1 aliphatic heterocycles. The molecule has 278 valence electrons. The van der Waals surface area contributed by atoms with E-state index in [1.807, 2.05) is 88.0 Å². The maximum Gasteiger partial charge on any atom is 0.320 e. The van der Waals surface area contributed by atoms with Gasteiger partial charge in [-0.2, -0.15) is 0 Å². The van der Waals surface area contributed by atoms with Crippen LogP contribution in [0.1, 0.15) is 109 Å². The molecule has 4 N–H and O–H groups in total. The molecule has 1 fully saturated rings. The largest absolute Gasteiger partial charge is 0.481 e. The van der Waals surface area contributed by atoms with Gasteiger partial charge in [-0.1, -0.05) is 68.7 Å². The number of carboxylic acid groups (broad SMARTS) is 1. The third kappa shape index (κ3) is 15.3. The number of carbonyl (C=O) groups is 2. The van der Waals surface area contributed by atoms with Crippen LogP contribution in [0.3, 0.4) is 0 Å². The number of unbranched alkanes of at least 4 members (excludes halogenated alkanes) is 1. The number of hydrogen-bond acceptors (Lipinski definition) is 12. The van der Waals surface area contributed by atoms with Crippen molar-refractivity contribution in [2.24, 2.45) is 16.2 Å². The van der Waals surface area contributed by atoms with Crippen LogP contribution in [-0.2, 0) is 29.0 Å². The predicted octanol–water partition coefficient (Wildman–Crippen LogP) is 5.34. The molecular weight excluding hydrogens is 610 g/mol. The van der Waals surface area contributed by atoms with Crippen molar-refractivity contribution in [3.63, 3.8) is 0 Å². The first-order valence-corrected chi connectivity index (χ1v) is 16.9. The number of rotatable bonds is 17. The minimum atomic E-state index is -0.878. The monoisotopic (exact) mass is 677 g/mol. The van der Waals surface area contributed by atoms with Crippen molar-refractivity contribution in [3.8, 4) is 0 Å². The molecule has 1 heterocycles. The van der Waals surface area contributed by atoms with E-state index in [2.05, 4.69) is 9.80 Å². The lowest BCUT2D eigenvalue weighted by Gasteiger charge is -2.49. The number of hydrogen-bond donors (Lipinski definition) is 4. The number of aliphatic carboxylic acids is 1. The van der Waals surface area contributed by atoms with Crippen LogP contribution in [0, 0.1) is 16.2 Å². The molecule has 0 saturated carbocycles. The lowest BCUT2D eigenvalue weighted by Crippen LogP contribution is -2.64. The molecule has 3 atom stereocenters. The van der Waals surface area contributed by atoms with E-state index in [1.165, 1.54) is 0 Å². The van der Waals surface area contributed by atoms with Crippen LogP contribution in [-0.4, -0.2) is 129 Å². The second-order valence-corrected chi connectivity index (χ2v) is 17.6. The highest BCUT2D eigenvalue weighted by molar-refractivity contribution is 5.72. The lowest BCUT2D eigenvalue weighted by atomic mass is 9.84. The molecule has 0 aliphatic carbocycles. The second kappa shape index (κ2) is 18.0. The highest BCUT2D eigenvalue weighted by atomic mass is 17.1. The molecule has 3 unspecified atom stereocenters. The summed E-state index contributed by atoms with van der Waals surface area (Å²) in [7, 11) is 0. The Balaban J connectivity index is 3.89. The summed E-state index contributed by atoms with van der Waals surface area (Å²) < 4.78 is 5.81. The molecule has 0 radical (unpaired) electrons. The first kappa shape index (κ1) is 43.6. The molecular formula is C34H67N3O10. The smallest absolute Gasteiger partial charge is 0.320 e. The second-order valence-electron chi connectivity index (χ2n) is 17.6. The molecule has 1 saturated heterocycles. The van der Waals surface area contributed by atoms with Crippen molar-refractivity contribution in [1.29, 1.82) is 0 Å². The van der Waals surface area contributed by atoms with Crippen LogP contribution in [0.25, 0.3) is 0 Å². The minimum Gasteiger partial charge on any atom is -0.481 e. The Hall–Kier alpha value is -1.42. The fourth-order valence-electron chi connectivity index (χ4n) is 5.90. The summed E-state index contributed by atoms with van der Waals surface area (Å²) >= 11 is 0. The number of ether oxygens (including phenoxy) is 1. The summed E-state index contributed by atoms with van der Waals surface area (Å²) in [4.78, 5) is 46.6. The number of carboxylic acids is 1. The third-order valence-corrected chi connectivity index (χ3v) is 8.98. The van der Waals surface area contributed by atoms with E-state index >= 15 is 0 Å². The van der Waals surface area contributed by atoms with Gasteiger partial charge in [-0.25, -0.2) is 14.7 Å². The quantitative estimate of drug-likeness (QED) is 0.0676. The number of esters is 1. The van der Waals surface area contributed by atoms with Gasteiger partial charge in [0.1, 0.15) is 23.9 Å². The molecule has 0 amide bonds. The van der Waals surface area contributed by atoms with Gasteiger partial charge in [0.05, 0.1) is 6.54 Å². The van der Waals surface area contributed by atoms with Gasteiger partial charge in [0, 0.05) is 57.8 Å². The van der Waals surface area contributed by atoms with Crippen molar-refractivity contribution in [1.82, 2.24) is 14.7 Å². The Kier molecular flexibility index (Phi) is 16.7. The molecule has 13 heteroatoms. The van der Waals surface area contributed by atoms with Gasteiger partial charge in [0.25, 0.3) is 0 Å². The number of carbonyl (C=O) groups excluding carboxylic acids is 1. The zero-order valence-electron chi connectivity index (χ0n) is 31.3. The summed E-state index contributed by atoms with van der Waals surface area (Å²) in [6.07, 6.45) is -0.221. The average Bonchev–Trinajstić information content (AvgIpc) is 3.07. The zero-order valence-corrected chi connectivity index (χ0v) is 31.3. The molecule has 1 rings (SSSR count). The van der Waals surface area contributed by atoms with Crippen LogP contribution in [0.4, 0.5) is 0 Å². The van der Waals surface area contributed by atoms with Crippen LogP contribution in [0.2, 0.25) is 0 Å². The Morgan fingerprint density at radius 1 is 0.723 bits per heavy atom. The first-order valence-electron chi connectivity index (χ1n) is 16.9. The number of nitrogens with zero attached hydrogens (tertiary/aromatic N) is 3. The molecule has 0 aromatic carbocycles. The van der Waals surface area contributed by atoms with Crippen molar-refractivity contribution < 1.29 is 49.9 Å². The molecule has 0 aromatic heterocycles. The van der Waals surface area contributed by atoms with E-state index in [0.29, 0.717) is 58.5 Å². The Labute approximate surface area is 283 Å². The van der Waals surface area contributed by atoms with E-state index in [-0.39, 0.29) is 30.3 Å². The van der Waals surface area contributed by atoms with Crippen molar-refractivity contribution in [2.75, 3.05) is 52.4 Å². The summed E-state index contributed by atoms with van der Waals surface area (Å²) in [6, 6.07) is 0. The fourth-order valence-corrected chi connectivity index (χ4v) is 5.90. The third-order valence-electron chi connectivity index (χ3n) is 8.98. The van der Waals surface area contributed by atoms with E-state index in [9.17, 15) is 30.5 Å². The molecule has 0 aromatic rings. The summed E-state index contributed by atoms with van der Waals surface area (Å²) in [6.45, 7) is 26.1. The van der Waals surface area contributed by atoms with Crippen LogP contribution in [0.5, 0.6) is 0 Å². The molecule has 13 nitrogen and oxygen atoms in total. The van der Waals surface area contributed by atoms with E-state index in [0.717, 1.165) is 0 Å². The van der Waals surface area contributed by atoms with Gasteiger partial charge in [0.15, 0.2) is 0 Å². The van der Waals surface area contributed by atoms with Crippen molar-refractivity contribution in [3.05, 3.63) is 0 Å². The Morgan fingerprint density at radius 2 is 1.15 bits per heavy atom. The van der Waals surface area contributed by atoms with Gasteiger partial charge >= 0.3 is 11.9 Å². The maximum absolute atomic E-state index is 13.6. The minimum absolute atomic E-state index is 0.00877. The van der Waals surface area contributed by atoms with Crippen molar-refractivity contribution in [2.45, 2.75) is 138 Å². The summed E-state index contributed by atoms with van der Waals surface area (Å²) in [5.74, 6) is -1.32.